The van der Waals surface area contributed by atoms with Crippen molar-refractivity contribution in [2.75, 3.05) is 17.7 Å². The van der Waals surface area contributed by atoms with Crippen LogP contribution >= 0.6 is 0 Å². The van der Waals surface area contributed by atoms with E-state index in [-0.39, 0.29) is 0 Å². The minimum atomic E-state index is 0.344. The smallest absolute Gasteiger partial charge is 0.224 e. The lowest BCUT2D eigenvalue weighted by molar-refractivity contribution is 0.216. The van der Waals surface area contributed by atoms with Gasteiger partial charge in [0.1, 0.15) is 5.82 Å². The maximum Gasteiger partial charge on any atom is 0.224 e. The largest absolute Gasteiger partial charge is 0.367 e. The Hall–Kier alpha value is -1.32. The van der Waals surface area contributed by atoms with Gasteiger partial charge in [-0.1, -0.05) is 26.7 Å². The second-order valence-corrected chi connectivity index (χ2v) is 5.90. The van der Waals surface area contributed by atoms with E-state index in [1.54, 1.807) is 0 Å². The van der Waals surface area contributed by atoms with Crippen LogP contribution < -0.4 is 10.6 Å². The average molecular weight is 248 g/mol. The molecule has 4 heteroatoms. The number of aromatic nitrogens is 2. The Morgan fingerprint density at radius 1 is 1.28 bits per heavy atom. The van der Waals surface area contributed by atoms with E-state index in [0.717, 1.165) is 11.5 Å². The molecule has 18 heavy (non-hydrogen) atoms. The summed E-state index contributed by atoms with van der Waals surface area (Å²) in [4.78, 5) is 8.80. The summed E-state index contributed by atoms with van der Waals surface area (Å²) < 4.78 is 0. The lowest BCUT2D eigenvalue weighted by Gasteiger charge is -2.39. The second kappa shape index (κ2) is 5.12. The number of nitrogens with one attached hydrogen (secondary N) is 2. The summed E-state index contributed by atoms with van der Waals surface area (Å²) in [7, 11) is 1.85. The fourth-order valence-electron chi connectivity index (χ4n) is 2.69. The van der Waals surface area contributed by atoms with Gasteiger partial charge in [0.15, 0.2) is 0 Å². The second-order valence-electron chi connectivity index (χ2n) is 5.90. The molecule has 1 fully saturated rings. The van der Waals surface area contributed by atoms with E-state index < -0.39 is 0 Å². The predicted octanol–water partition coefficient (Wildman–Crippen LogP) is 3.21. The van der Waals surface area contributed by atoms with Gasteiger partial charge in [-0.3, -0.25) is 0 Å². The molecule has 1 unspecified atom stereocenters. The molecule has 0 spiro atoms. The molecule has 0 aromatic carbocycles. The highest BCUT2D eigenvalue weighted by Crippen LogP contribution is 2.37. The number of aryl methyl sites for hydroxylation is 1. The molecule has 1 atom stereocenters. The summed E-state index contributed by atoms with van der Waals surface area (Å²) in [5.74, 6) is 1.62. The molecule has 2 rings (SSSR count). The molecule has 0 bridgehead atoms. The van der Waals surface area contributed by atoms with Crippen molar-refractivity contribution in [1.29, 1.82) is 0 Å². The fraction of sp³-hybridized carbons (Fsp3) is 0.714. The number of anilines is 2. The van der Waals surface area contributed by atoms with Crippen LogP contribution in [0.2, 0.25) is 0 Å². The number of hydrogen-bond acceptors (Lipinski definition) is 4. The van der Waals surface area contributed by atoms with Gasteiger partial charge in [-0.25, -0.2) is 4.98 Å². The molecule has 1 saturated carbocycles. The standard InChI is InChI=1S/C14H24N4/c1-10-9-12(18-13(15-4)16-10)17-11-7-5-6-8-14(11,2)3/h9,11H,5-8H2,1-4H3,(H2,15,16,17,18). The Labute approximate surface area is 110 Å². The van der Waals surface area contributed by atoms with Crippen LogP contribution in [0, 0.1) is 12.3 Å². The van der Waals surface area contributed by atoms with Crippen LogP contribution in [0.5, 0.6) is 0 Å². The van der Waals surface area contributed by atoms with Crippen molar-refractivity contribution in [2.24, 2.45) is 5.41 Å². The maximum atomic E-state index is 4.48. The van der Waals surface area contributed by atoms with Crippen molar-refractivity contribution < 1.29 is 0 Å². The number of rotatable bonds is 3. The SMILES string of the molecule is CNc1nc(C)cc(NC2CCCCC2(C)C)n1. The Morgan fingerprint density at radius 3 is 2.72 bits per heavy atom. The van der Waals surface area contributed by atoms with Crippen molar-refractivity contribution in [3.8, 4) is 0 Å². The molecule has 1 aliphatic rings. The van der Waals surface area contributed by atoms with Gasteiger partial charge in [0.25, 0.3) is 0 Å². The lowest BCUT2D eigenvalue weighted by atomic mass is 9.73. The van der Waals surface area contributed by atoms with Crippen LogP contribution in [0.3, 0.4) is 0 Å². The van der Waals surface area contributed by atoms with Gasteiger partial charge in [0, 0.05) is 24.8 Å². The third-order valence-corrected chi connectivity index (χ3v) is 3.91. The lowest BCUT2D eigenvalue weighted by Crippen LogP contribution is -2.39. The first-order valence-electron chi connectivity index (χ1n) is 6.81. The van der Waals surface area contributed by atoms with Crippen LogP contribution in [0.1, 0.15) is 45.2 Å². The van der Waals surface area contributed by atoms with Crippen molar-refractivity contribution in [3.05, 3.63) is 11.8 Å². The monoisotopic (exact) mass is 248 g/mol. The first-order valence-corrected chi connectivity index (χ1v) is 6.81. The molecule has 0 aliphatic heterocycles. The van der Waals surface area contributed by atoms with Gasteiger partial charge >= 0.3 is 0 Å². The van der Waals surface area contributed by atoms with Crippen LogP contribution in [0.4, 0.5) is 11.8 Å². The zero-order valence-electron chi connectivity index (χ0n) is 11.9. The summed E-state index contributed by atoms with van der Waals surface area (Å²) in [6.07, 6.45) is 5.17. The quantitative estimate of drug-likeness (QED) is 0.862. The highest BCUT2D eigenvalue weighted by Gasteiger charge is 2.32. The summed E-state index contributed by atoms with van der Waals surface area (Å²) in [5.41, 5.74) is 1.34. The van der Waals surface area contributed by atoms with Crippen molar-refractivity contribution >= 4 is 11.8 Å². The highest BCUT2D eigenvalue weighted by atomic mass is 15.1. The predicted molar refractivity (Wildman–Crippen MR) is 76.0 cm³/mol. The van der Waals surface area contributed by atoms with Crippen molar-refractivity contribution in [1.82, 2.24) is 9.97 Å². The van der Waals surface area contributed by atoms with Gasteiger partial charge in [-0.2, -0.15) is 4.98 Å². The van der Waals surface area contributed by atoms with E-state index in [0.29, 0.717) is 17.4 Å². The molecule has 1 aromatic rings. The number of nitrogens with zero attached hydrogens (tertiary/aromatic N) is 2. The Kier molecular flexibility index (Phi) is 3.73. The van der Waals surface area contributed by atoms with E-state index in [4.69, 9.17) is 0 Å². The average Bonchev–Trinajstić information content (AvgIpc) is 2.31. The van der Waals surface area contributed by atoms with Crippen LogP contribution in [-0.2, 0) is 0 Å². The van der Waals surface area contributed by atoms with Crippen LogP contribution in [0.15, 0.2) is 6.07 Å². The molecular weight excluding hydrogens is 224 g/mol. The molecule has 1 aliphatic carbocycles. The summed E-state index contributed by atoms with van der Waals surface area (Å²) in [6.45, 7) is 6.69. The zero-order chi connectivity index (χ0) is 13.2. The normalized spacial score (nSPS) is 22.6. The van der Waals surface area contributed by atoms with Crippen LogP contribution in [0.25, 0.3) is 0 Å². The van der Waals surface area contributed by atoms with E-state index >= 15 is 0 Å². The third kappa shape index (κ3) is 2.92. The van der Waals surface area contributed by atoms with Crippen molar-refractivity contribution in [3.63, 3.8) is 0 Å². The van der Waals surface area contributed by atoms with Gasteiger partial charge in [0.05, 0.1) is 0 Å². The molecular formula is C14H24N4. The first-order chi connectivity index (χ1) is 8.51. The topological polar surface area (TPSA) is 49.8 Å². The summed E-state index contributed by atoms with van der Waals surface area (Å²) in [6, 6.07) is 2.52. The molecule has 2 N–H and O–H groups in total. The van der Waals surface area contributed by atoms with Gasteiger partial charge in [-0.05, 0) is 25.2 Å². The zero-order valence-corrected chi connectivity index (χ0v) is 11.9. The van der Waals surface area contributed by atoms with Crippen molar-refractivity contribution in [2.45, 2.75) is 52.5 Å². The maximum absolute atomic E-state index is 4.48. The van der Waals surface area contributed by atoms with E-state index in [2.05, 4.69) is 34.4 Å². The Balaban J connectivity index is 2.15. The molecule has 0 amide bonds. The minimum absolute atomic E-state index is 0.344. The highest BCUT2D eigenvalue weighted by molar-refractivity contribution is 5.43. The number of hydrogen-bond donors (Lipinski definition) is 2. The summed E-state index contributed by atoms with van der Waals surface area (Å²) >= 11 is 0. The van der Waals surface area contributed by atoms with Gasteiger partial charge < -0.3 is 10.6 Å². The van der Waals surface area contributed by atoms with Crippen LogP contribution in [-0.4, -0.2) is 23.1 Å². The van der Waals surface area contributed by atoms with E-state index in [9.17, 15) is 0 Å². The molecule has 4 nitrogen and oxygen atoms in total. The van der Waals surface area contributed by atoms with E-state index in [1.165, 1.54) is 25.7 Å². The summed E-state index contributed by atoms with van der Waals surface area (Å²) in [5, 5.41) is 6.60. The molecule has 100 valence electrons. The molecule has 0 radical (unpaired) electrons. The third-order valence-electron chi connectivity index (χ3n) is 3.91. The van der Waals surface area contributed by atoms with Gasteiger partial charge in [0.2, 0.25) is 5.95 Å². The first kappa shape index (κ1) is 13.1. The molecule has 0 saturated heterocycles. The molecule has 1 aromatic heterocycles. The minimum Gasteiger partial charge on any atom is -0.367 e. The fourth-order valence-corrected chi connectivity index (χ4v) is 2.69. The van der Waals surface area contributed by atoms with Gasteiger partial charge in [-0.15, -0.1) is 0 Å². The Bertz CT molecular complexity index is 414. The molecule has 1 heterocycles. The van der Waals surface area contributed by atoms with E-state index in [1.807, 2.05) is 20.0 Å². The Morgan fingerprint density at radius 2 is 2.06 bits per heavy atom.